The Labute approximate surface area is 170 Å². The van der Waals surface area contributed by atoms with Crippen LogP contribution in [0.3, 0.4) is 0 Å². The number of alkyl halides is 3. The van der Waals surface area contributed by atoms with Crippen LogP contribution < -0.4 is 5.32 Å². The Morgan fingerprint density at radius 1 is 0.966 bits per heavy atom. The number of H-pyrrole nitrogens is 1. The fraction of sp³-hybridized carbons (Fsp3) is 0.609. The van der Waals surface area contributed by atoms with Gasteiger partial charge in [-0.15, -0.1) is 0 Å². The SMILES string of the molecule is FC(F)(F)c1cccc(-c2cnc([C@@H](NC3CCCCC3)C3CCCCC3)[nH]2)c1. The molecule has 4 rings (SSSR count). The van der Waals surface area contributed by atoms with Crippen LogP contribution in [0.15, 0.2) is 30.5 Å². The zero-order chi connectivity index (χ0) is 20.3. The minimum atomic E-state index is -4.34. The molecule has 1 heterocycles. The normalized spacial score (nSPS) is 20.7. The van der Waals surface area contributed by atoms with Gasteiger partial charge in [0, 0.05) is 11.6 Å². The number of nitrogens with zero attached hydrogens (tertiary/aromatic N) is 1. The topological polar surface area (TPSA) is 40.7 Å². The zero-order valence-corrected chi connectivity index (χ0v) is 16.8. The van der Waals surface area contributed by atoms with Crippen molar-refractivity contribution in [2.24, 2.45) is 5.92 Å². The van der Waals surface area contributed by atoms with Crippen molar-refractivity contribution in [2.75, 3.05) is 0 Å². The summed E-state index contributed by atoms with van der Waals surface area (Å²) in [6.07, 6.45) is 9.74. The lowest BCUT2D eigenvalue weighted by molar-refractivity contribution is -0.137. The van der Waals surface area contributed by atoms with Crippen molar-refractivity contribution in [3.63, 3.8) is 0 Å². The number of aromatic amines is 1. The molecular formula is C23H30F3N3. The highest BCUT2D eigenvalue weighted by molar-refractivity contribution is 5.59. The second-order valence-corrected chi connectivity index (χ2v) is 8.64. The van der Waals surface area contributed by atoms with Crippen molar-refractivity contribution < 1.29 is 13.2 Å². The zero-order valence-electron chi connectivity index (χ0n) is 16.8. The molecule has 0 bridgehead atoms. The van der Waals surface area contributed by atoms with Crippen LogP contribution in [0.1, 0.15) is 81.6 Å². The van der Waals surface area contributed by atoms with Gasteiger partial charge in [-0.05, 0) is 43.7 Å². The molecule has 0 radical (unpaired) electrons. The summed E-state index contributed by atoms with van der Waals surface area (Å²) in [5.41, 5.74) is 0.548. The van der Waals surface area contributed by atoms with Crippen LogP contribution in [-0.2, 0) is 6.18 Å². The lowest BCUT2D eigenvalue weighted by Crippen LogP contribution is -2.39. The first-order valence-corrected chi connectivity index (χ1v) is 11.0. The molecule has 2 aromatic rings. The first kappa shape index (κ1) is 20.5. The Morgan fingerprint density at radius 3 is 2.34 bits per heavy atom. The van der Waals surface area contributed by atoms with Gasteiger partial charge in [-0.1, -0.05) is 50.7 Å². The Bertz CT molecular complexity index is 787. The lowest BCUT2D eigenvalue weighted by atomic mass is 9.82. The van der Waals surface area contributed by atoms with Crippen molar-refractivity contribution in [3.05, 3.63) is 41.9 Å². The molecule has 0 aliphatic heterocycles. The highest BCUT2D eigenvalue weighted by Crippen LogP contribution is 2.36. The first-order chi connectivity index (χ1) is 14.0. The molecule has 2 N–H and O–H groups in total. The smallest absolute Gasteiger partial charge is 0.341 e. The summed E-state index contributed by atoms with van der Waals surface area (Å²) >= 11 is 0. The predicted molar refractivity (Wildman–Crippen MR) is 108 cm³/mol. The molecule has 1 aromatic carbocycles. The highest BCUT2D eigenvalue weighted by atomic mass is 19.4. The van der Waals surface area contributed by atoms with Crippen LogP contribution in [0.5, 0.6) is 0 Å². The molecule has 2 saturated carbocycles. The van der Waals surface area contributed by atoms with E-state index in [-0.39, 0.29) is 6.04 Å². The van der Waals surface area contributed by atoms with Gasteiger partial charge in [0.25, 0.3) is 0 Å². The number of benzene rings is 1. The molecule has 0 amide bonds. The Morgan fingerprint density at radius 2 is 1.66 bits per heavy atom. The fourth-order valence-corrected chi connectivity index (χ4v) is 4.93. The van der Waals surface area contributed by atoms with E-state index in [2.05, 4.69) is 15.3 Å². The molecule has 0 spiro atoms. The maximum absolute atomic E-state index is 13.1. The van der Waals surface area contributed by atoms with Gasteiger partial charge in [-0.2, -0.15) is 13.2 Å². The van der Waals surface area contributed by atoms with Crippen LogP contribution in [-0.4, -0.2) is 16.0 Å². The largest absolute Gasteiger partial charge is 0.416 e. The summed E-state index contributed by atoms with van der Waals surface area (Å²) in [4.78, 5) is 7.98. The molecule has 29 heavy (non-hydrogen) atoms. The summed E-state index contributed by atoms with van der Waals surface area (Å²) in [6.45, 7) is 0. The van der Waals surface area contributed by atoms with Gasteiger partial charge in [0.15, 0.2) is 0 Å². The van der Waals surface area contributed by atoms with Crippen LogP contribution in [0.2, 0.25) is 0 Å². The third-order valence-electron chi connectivity index (χ3n) is 6.53. The molecule has 6 heteroatoms. The average Bonchev–Trinajstić information content (AvgIpc) is 3.23. The standard InChI is InChI=1S/C23H30F3N3/c24-23(25,26)18-11-7-10-17(14-18)20-15-27-22(29-20)21(16-8-3-1-4-9-16)28-19-12-5-2-6-13-19/h7,10-11,14-16,19,21,28H,1-6,8-9,12-13H2,(H,27,29)/t21-/m0/s1. The number of nitrogens with one attached hydrogen (secondary N) is 2. The molecule has 1 aromatic heterocycles. The van der Waals surface area contributed by atoms with E-state index in [0.717, 1.165) is 11.9 Å². The van der Waals surface area contributed by atoms with Crippen LogP contribution in [0.25, 0.3) is 11.3 Å². The van der Waals surface area contributed by atoms with Gasteiger partial charge in [-0.3, -0.25) is 0 Å². The number of aromatic nitrogens is 2. The molecule has 2 aliphatic rings. The number of hydrogen-bond acceptors (Lipinski definition) is 2. The predicted octanol–water partition coefficient (Wildman–Crippen LogP) is 6.64. The van der Waals surface area contributed by atoms with E-state index in [9.17, 15) is 13.2 Å². The number of rotatable bonds is 5. The molecule has 0 unspecified atom stereocenters. The average molecular weight is 406 g/mol. The van der Waals surface area contributed by atoms with Gasteiger partial charge in [-0.25, -0.2) is 4.98 Å². The van der Waals surface area contributed by atoms with Gasteiger partial charge < -0.3 is 10.3 Å². The Hall–Kier alpha value is -1.82. The molecule has 3 nitrogen and oxygen atoms in total. The van der Waals surface area contributed by atoms with Gasteiger partial charge in [0.1, 0.15) is 5.82 Å². The van der Waals surface area contributed by atoms with Crippen LogP contribution >= 0.6 is 0 Å². The summed E-state index contributed by atoms with van der Waals surface area (Å²) in [6, 6.07) is 6.13. The number of imidazole rings is 1. The molecular weight excluding hydrogens is 375 g/mol. The second-order valence-electron chi connectivity index (χ2n) is 8.64. The van der Waals surface area contributed by atoms with E-state index >= 15 is 0 Å². The van der Waals surface area contributed by atoms with Gasteiger partial charge >= 0.3 is 6.18 Å². The van der Waals surface area contributed by atoms with Crippen molar-refractivity contribution >= 4 is 0 Å². The summed E-state index contributed by atoms with van der Waals surface area (Å²) < 4.78 is 39.3. The summed E-state index contributed by atoms with van der Waals surface area (Å²) in [5.74, 6) is 1.40. The van der Waals surface area contributed by atoms with Gasteiger partial charge in [0.2, 0.25) is 0 Å². The fourth-order valence-electron chi connectivity index (χ4n) is 4.93. The van der Waals surface area contributed by atoms with Crippen molar-refractivity contribution in [1.82, 2.24) is 15.3 Å². The third-order valence-corrected chi connectivity index (χ3v) is 6.53. The Balaban J connectivity index is 1.58. The quantitative estimate of drug-likeness (QED) is 0.585. The molecule has 158 valence electrons. The van der Waals surface area contributed by atoms with E-state index in [0.29, 0.717) is 23.2 Å². The van der Waals surface area contributed by atoms with E-state index < -0.39 is 11.7 Å². The molecule has 2 fully saturated rings. The second kappa shape index (κ2) is 8.90. The first-order valence-electron chi connectivity index (χ1n) is 11.0. The van der Waals surface area contributed by atoms with Crippen molar-refractivity contribution in [1.29, 1.82) is 0 Å². The maximum atomic E-state index is 13.1. The Kier molecular flexibility index (Phi) is 6.28. The third kappa shape index (κ3) is 5.03. The molecule has 2 aliphatic carbocycles. The summed E-state index contributed by atoms with van der Waals surface area (Å²) in [5, 5.41) is 3.87. The van der Waals surface area contributed by atoms with Crippen LogP contribution in [0, 0.1) is 5.92 Å². The van der Waals surface area contributed by atoms with Crippen molar-refractivity contribution in [3.8, 4) is 11.3 Å². The lowest BCUT2D eigenvalue weighted by Gasteiger charge is -2.34. The van der Waals surface area contributed by atoms with Gasteiger partial charge in [0.05, 0.1) is 23.5 Å². The molecule has 1 atom stereocenters. The van der Waals surface area contributed by atoms with E-state index in [1.165, 1.54) is 76.3 Å². The van der Waals surface area contributed by atoms with E-state index in [1.54, 1.807) is 12.3 Å². The van der Waals surface area contributed by atoms with E-state index in [4.69, 9.17) is 0 Å². The minimum absolute atomic E-state index is 0.151. The molecule has 0 saturated heterocycles. The monoisotopic (exact) mass is 405 g/mol. The maximum Gasteiger partial charge on any atom is 0.416 e. The number of halogens is 3. The van der Waals surface area contributed by atoms with E-state index in [1.807, 2.05) is 0 Å². The summed E-state index contributed by atoms with van der Waals surface area (Å²) in [7, 11) is 0. The number of hydrogen-bond donors (Lipinski definition) is 2. The highest BCUT2D eigenvalue weighted by Gasteiger charge is 2.32. The minimum Gasteiger partial charge on any atom is -0.341 e. The van der Waals surface area contributed by atoms with Crippen molar-refractivity contribution in [2.45, 2.75) is 82.5 Å². The van der Waals surface area contributed by atoms with Crippen LogP contribution in [0.4, 0.5) is 13.2 Å².